The lowest BCUT2D eigenvalue weighted by Crippen LogP contribution is -2.08. The number of aliphatic carboxylic acids is 1. The van der Waals surface area contributed by atoms with Gasteiger partial charge >= 0.3 is 5.97 Å². The van der Waals surface area contributed by atoms with E-state index in [0.717, 1.165) is 18.9 Å². The van der Waals surface area contributed by atoms with E-state index in [9.17, 15) is 4.79 Å². The van der Waals surface area contributed by atoms with Crippen LogP contribution in [0.5, 0.6) is 0 Å². The molecule has 1 saturated carbocycles. The molecule has 98 valence electrons. The molecule has 0 atom stereocenters. The van der Waals surface area contributed by atoms with Crippen molar-refractivity contribution < 1.29 is 14.6 Å². The van der Waals surface area contributed by atoms with Gasteiger partial charge in [0, 0.05) is 18.6 Å². The Morgan fingerprint density at radius 2 is 1.94 bits per heavy atom. The smallest absolute Gasteiger partial charge is 0.331 e. The first kappa shape index (κ1) is 14.2. The molecule has 0 aromatic rings. The van der Waals surface area contributed by atoms with Gasteiger partial charge in [-0.2, -0.15) is 0 Å². The Morgan fingerprint density at radius 1 is 1.24 bits per heavy atom. The predicted molar refractivity (Wildman–Crippen MR) is 68.0 cm³/mol. The van der Waals surface area contributed by atoms with Crippen LogP contribution in [0.1, 0.15) is 51.4 Å². The van der Waals surface area contributed by atoms with Crippen molar-refractivity contribution >= 4 is 5.97 Å². The predicted octanol–water partition coefficient (Wildman–Crippen LogP) is 3.39. The minimum Gasteiger partial charge on any atom is -0.478 e. The van der Waals surface area contributed by atoms with Crippen LogP contribution in [0.3, 0.4) is 0 Å². The third-order valence-electron chi connectivity index (χ3n) is 3.48. The van der Waals surface area contributed by atoms with Crippen molar-refractivity contribution in [3.05, 3.63) is 12.2 Å². The van der Waals surface area contributed by atoms with Crippen LogP contribution in [0.2, 0.25) is 0 Å². The molecular formula is C14H24O3. The molecule has 0 heterocycles. The summed E-state index contributed by atoms with van der Waals surface area (Å²) in [5, 5.41) is 8.60. The second-order valence-corrected chi connectivity index (χ2v) is 4.92. The molecule has 0 aromatic heterocycles. The Hall–Kier alpha value is -0.830. The third kappa shape index (κ3) is 6.47. The maximum atomic E-state index is 10.5. The molecule has 17 heavy (non-hydrogen) atoms. The van der Waals surface area contributed by atoms with Gasteiger partial charge in [0.2, 0.25) is 0 Å². The van der Waals surface area contributed by atoms with Crippen molar-refractivity contribution in [1.82, 2.24) is 0 Å². The van der Waals surface area contributed by atoms with Gasteiger partial charge < -0.3 is 9.84 Å². The fourth-order valence-electron chi connectivity index (χ4n) is 2.35. The van der Waals surface area contributed by atoms with Gasteiger partial charge in [-0.3, -0.25) is 0 Å². The number of hydrogen-bond donors (Lipinski definition) is 1. The molecule has 0 saturated heterocycles. The summed E-state index contributed by atoms with van der Waals surface area (Å²) in [6, 6.07) is 0. The summed E-state index contributed by atoms with van der Waals surface area (Å²) in [7, 11) is 0. The summed E-state index contributed by atoms with van der Waals surface area (Å²) in [6.45, 7) is 4.70. The molecule has 0 bridgehead atoms. The second kappa shape index (κ2) is 8.29. The highest BCUT2D eigenvalue weighted by Gasteiger charge is 2.12. The lowest BCUT2D eigenvalue weighted by atomic mass is 9.86. The quantitative estimate of drug-likeness (QED) is 0.522. The summed E-state index contributed by atoms with van der Waals surface area (Å²) in [5.74, 6) is -0.0165. The minimum absolute atomic E-state index is 0.234. The van der Waals surface area contributed by atoms with E-state index in [1.165, 1.54) is 38.5 Å². The maximum Gasteiger partial charge on any atom is 0.331 e. The van der Waals surface area contributed by atoms with Crippen molar-refractivity contribution in [2.24, 2.45) is 5.92 Å². The van der Waals surface area contributed by atoms with Crippen molar-refractivity contribution in [3.8, 4) is 0 Å². The average Bonchev–Trinajstić information content (AvgIpc) is 2.34. The number of carbonyl (C=O) groups is 1. The largest absolute Gasteiger partial charge is 0.478 e. The van der Waals surface area contributed by atoms with Crippen LogP contribution in [0.4, 0.5) is 0 Å². The summed E-state index contributed by atoms with van der Waals surface area (Å²) >= 11 is 0. The zero-order valence-electron chi connectivity index (χ0n) is 10.6. The molecule has 3 heteroatoms. The number of rotatable bonds is 8. The molecule has 3 nitrogen and oxygen atoms in total. The van der Waals surface area contributed by atoms with Crippen LogP contribution in [-0.2, 0) is 9.53 Å². The topological polar surface area (TPSA) is 46.5 Å². The first-order valence-electron chi connectivity index (χ1n) is 6.69. The van der Waals surface area contributed by atoms with Crippen LogP contribution in [0.25, 0.3) is 0 Å². The Morgan fingerprint density at radius 3 is 2.59 bits per heavy atom. The summed E-state index contributed by atoms with van der Waals surface area (Å²) in [5.41, 5.74) is 0.234. The summed E-state index contributed by atoms with van der Waals surface area (Å²) in [4.78, 5) is 10.5. The molecule has 1 aliphatic rings. The third-order valence-corrected chi connectivity index (χ3v) is 3.48. The summed E-state index contributed by atoms with van der Waals surface area (Å²) < 4.78 is 5.42. The van der Waals surface area contributed by atoms with Crippen molar-refractivity contribution in [2.75, 3.05) is 13.2 Å². The van der Waals surface area contributed by atoms with Crippen LogP contribution in [0.15, 0.2) is 12.2 Å². The molecular weight excluding hydrogens is 216 g/mol. The molecule has 0 spiro atoms. The normalized spacial score (nSPS) is 16.9. The fourth-order valence-corrected chi connectivity index (χ4v) is 2.35. The lowest BCUT2D eigenvalue weighted by Gasteiger charge is -2.21. The fraction of sp³-hybridized carbons (Fsp3) is 0.786. The summed E-state index contributed by atoms with van der Waals surface area (Å²) in [6.07, 6.45) is 9.76. The molecule has 1 fully saturated rings. The number of carboxylic acids is 1. The van der Waals surface area contributed by atoms with Crippen molar-refractivity contribution in [2.45, 2.75) is 51.4 Å². The van der Waals surface area contributed by atoms with Crippen LogP contribution < -0.4 is 0 Å². The lowest BCUT2D eigenvalue weighted by molar-refractivity contribution is -0.132. The van der Waals surface area contributed by atoms with E-state index in [0.29, 0.717) is 13.0 Å². The van der Waals surface area contributed by atoms with Gasteiger partial charge in [-0.15, -0.1) is 0 Å². The SMILES string of the molecule is C=C(CCOCCCC1CCCCC1)C(=O)O. The van der Waals surface area contributed by atoms with E-state index in [4.69, 9.17) is 9.84 Å². The molecule has 0 amide bonds. The van der Waals surface area contributed by atoms with E-state index >= 15 is 0 Å². The minimum atomic E-state index is -0.921. The van der Waals surface area contributed by atoms with Gasteiger partial charge in [0.15, 0.2) is 0 Å². The van der Waals surface area contributed by atoms with E-state index in [-0.39, 0.29) is 5.57 Å². The molecule has 1 N–H and O–H groups in total. The van der Waals surface area contributed by atoms with Crippen molar-refractivity contribution in [1.29, 1.82) is 0 Å². The number of hydrogen-bond acceptors (Lipinski definition) is 2. The monoisotopic (exact) mass is 240 g/mol. The standard InChI is InChI=1S/C14H24O3/c1-12(14(15)16)9-11-17-10-5-8-13-6-3-2-4-7-13/h13H,1-11H2,(H,15,16). The van der Waals surface area contributed by atoms with E-state index < -0.39 is 5.97 Å². The first-order chi connectivity index (χ1) is 8.20. The van der Waals surface area contributed by atoms with Crippen LogP contribution in [-0.4, -0.2) is 24.3 Å². The second-order valence-electron chi connectivity index (χ2n) is 4.92. The van der Waals surface area contributed by atoms with Gasteiger partial charge in [0.1, 0.15) is 0 Å². The van der Waals surface area contributed by atoms with E-state index in [1.807, 2.05) is 0 Å². The Kier molecular flexibility index (Phi) is 6.94. The zero-order chi connectivity index (χ0) is 12.5. The Balaban J connectivity index is 1.90. The first-order valence-corrected chi connectivity index (χ1v) is 6.69. The van der Waals surface area contributed by atoms with E-state index in [1.54, 1.807) is 0 Å². The van der Waals surface area contributed by atoms with Crippen molar-refractivity contribution in [3.63, 3.8) is 0 Å². The maximum absolute atomic E-state index is 10.5. The molecule has 1 aliphatic carbocycles. The average molecular weight is 240 g/mol. The Labute approximate surface area is 104 Å². The number of carboxylic acid groups (broad SMARTS) is 1. The van der Waals surface area contributed by atoms with Gasteiger partial charge in [-0.25, -0.2) is 4.79 Å². The van der Waals surface area contributed by atoms with E-state index in [2.05, 4.69) is 6.58 Å². The highest BCUT2D eigenvalue weighted by atomic mass is 16.5. The molecule has 0 radical (unpaired) electrons. The Bertz CT molecular complexity index is 242. The van der Waals surface area contributed by atoms with Gasteiger partial charge in [0.05, 0.1) is 6.61 Å². The molecule has 0 unspecified atom stereocenters. The highest BCUT2D eigenvalue weighted by Crippen LogP contribution is 2.27. The molecule has 0 aromatic carbocycles. The van der Waals surface area contributed by atoms with Gasteiger partial charge in [0.25, 0.3) is 0 Å². The molecule has 0 aliphatic heterocycles. The van der Waals surface area contributed by atoms with Crippen LogP contribution in [0, 0.1) is 5.92 Å². The van der Waals surface area contributed by atoms with Crippen LogP contribution >= 0.6 is 0 Å². The van der Waals surface area contributed by atoms with Gasteiger partial charge in [-0.05, 0) is 18.8 Å². The van der Waals surface area contributed by atoms with Gasteiger partial charge in [-0.1, -0.05) is 38.7 Å². The highest BCUT2D eigenvalue weighted by molar-refractivity contribution is 5.85. The zero-order valence-corrected chi connectivity index (χ0v) is 10.6. The number of ether oxygens (including phenoxy) is 1. The molecule has 1 rings (SSSR count).